The van der Waals surface area contributed by atoms with Crippen molar-refractivity contribution in [3.8, 4) is 0 Å². The number of nitrogens with two attached hydrogens (primary N) is 1. The molecule has 1 fully saturated rings. The molecule has 1 heterocycles. The summed E-state index contributed by atoms with van der Waals surface area (Å²) in [5.74, 6) is 0.402. The van der Waals surface area contributed by atoms with Gasteiger partial charge >= 0.3 is 6.09 Å². The van der Waals surface area contributed by atoms with E-state index in [9.17, 15) is 4.79 Å². The van der Waals surface area contributed by atoms with Crippen molar-refractivity contribution >= 4 is 17.7 Å². The first-order valence-electron chi connectivity index (χ1n) is 7.13. The van der Waals surface area contributed by atoms with Crippen LogP contribution in [0.3, 0.4) is 0 Å². The van der Waals surface area contributed by atoms with Crippen molar-refractivity contribution < 1.29 is 14.6 Å². The van der Waals surface area contributed by atoms with Crippen LogP contribution in [0.15, 0.2) is 24.3 Å². The molecule has 1 aromatic carbocycles. The molecule has 0 radical (unpaired) electrons. The molecule has 1 saturated heterocycles. The second kappa shape index (κ2) is 7.64. The lowest BCUT2D eigenvalue weighted by molar-refractivity contribution is 0.0588. The third kappa shape index (κ3) is 4.59. The van der Waals surface area contributed by atoms with Gasteiger partial charge in [0.05, 0.1) is 12.6 Å². The van der Waals surface area contributed by atoms with E-state index in [1.54, 1.807) is 0 Å². The van der Waals surface area contributed by atoms with Crippen molar-refractivity contribution in [1.29, 1.82) is 0 Å². The molecule has 21 heavy (non-hydrogen) atoms. The second-order valence-corrected chi connectivity index (χ2v) is 5.79. The fraction of sp³-hybridized carbons (Fsp3) is 0.533. The molecule has 3 N–H and O–H groups in total. The molecular formula is C15H21ClN2O3. The topological polar surface area (TPSA) is 75.8 Å². The Labute approximate surface area is 129 Å². The van der Waals surface area contributed by atoms with Gasteiger partial charge in [0, 0.05) is 24.7 Å². The van der Waals surface area contributed by atoms with Crippen LogP contribution in [0.1, 0.15) is 24.4 Å². The summed E-state index contributed by atoms with van der Waals surface area (Å²) >= 11 is 6.10. The predicted molar refractivity (Wildman–Crippen MR) is 81.5 cm³/mol. The number of hydrogen-bond donors (Lipinski definition) is 2. The summed E-state index contributed by atoms with van der Waals surface area (Å²) in [5.41, 5.74) is 6.97. The number of amides is 1. The first-order valence-corrected chi connectivity index (χ1v) is 7.51. The van der Waals surface area contributed by atoms with Crippen molar-refractivity contribution in [2.75, 3.05) is 26.3 Å². The van der Waals surface area contributed by atoms with Crippen LogP contribution < -0.4 is 5.73 Å². The third-order valence-corrected chi connectivity index (χ3v) is 4.18. The van der Waals surface area contributed by atoms with Gasteiger partial charge in [-0.15, -0.1) is 0 Å². The molecule has 1 aliphatic heterocycles. The normalized spacial score (nSPS) is 17.7. The minimum absolute atomic E-state index is 0.238. The average Bonchev–Trinajstić information content (AvgIpc) is 2.48. The number of ether oxygens (including phenoxy) is 1. The van der Waals surface area contributed by atoms with Gasteiger partial charge in [-0.05, 0) is 30.4 Å². The molecule has 6 heteroatoms. The van der Waals surface area contributed by atoms with Crippen LogP contribution in [0.4, 0.5) is 4.79 Å². The van der Waals surface area contributed by atoms with E-state index in [4.69, 9.17) is 27.2 Å². The molecule has 1 atom stereocenters. The SMILES string of the molecule is NC(COCC1CCN(C(=O)O)CC1)c1ccccc1Cl. The van der Waals surface area contributed by atoms with Gasteiger partial charge in [0.15, 0.2) is 0 Å². The predicted octanol–water partition coefficient (Wildman–Crippen LogP) is 2.75. The molecule has 0 spiro atoms. The number of carboxylic acid groups (broad SMARTS) is 1. The Bertz CT molecular complexity index is 476. The van der Waals surface area contributed by atoms with Gasteiger partial charge in [-0.1, -0.05) is 29.8 Å². The molecule has 1 aliphatic rings. The lowest BCUT2D eigenvalue weighted by Gasteiger charge is -2.30. The first kappa shape index (κ1) is 16.1. The van der Waals surface area contributed by atoms with Crippen molar-refractivity contribution in [3.63, 3.8) is 0 Å². The van der Waals surface area contributed by atoms with Crippen molar-refractivity contribution in [2.24, 2.45) is 11.7 Å². The minimum Gasteiger partial charge on any atom is -0.465 e. The molecule has 5 nitrogen and oxygen atoms in total. The number of nitrogens with zero attached hydrogens (tertiary/aromatic N) is 1. The van der Waals surface area contributed by atoms with Gasteiger partial charge in [-0.2, -0.15) is 0 Å². The first-order chi connectivity index (χ1) is 10.1. The van der Waals surface area contributed by atoms with E-state index < -0.39 is 6.09 Å². The molecule has 0 bridgehead atoms. The number of halogens is 1. The van der Waals surface area contributed by atoms with Crippen LogP contribution in [-0.4, -0.2) is 42.4 Å². The zero-order chi connectivity index (χ0) is 15.2. The Morgan fingerprint density at radius 3 is 2.71 bits per heavy atom. The summed E-state index contributed by atoms with van der Waals surface area (Å²) in [7, 11) is 0. The third-order valence-electron chi connectivity index (χ3n) is 3.84. The van der Waals surface area contributed by atoms with Crippen LogP contribution in [0.25, 0.3) is 0 Å². The van der Waals surface area contributed by atoms with E-state index in [1.807, 2.05) is 24.3 Å². The van der Waals surface area contributed by atoms with Gasteiger partial charge in [-0.3, -0.25) is 0 Å². The van der Waals surface area contributed by atoms with E-state index in [0.717, 1.165) is 18.4 Å². The highest BCUT2D eigenvalue weighted by Gasteiger charge is 2.22. The van der Waals surface area contributed by atoms with Crippen molar-refractivity contribution in [2.45, 2.75) is 18.9 Å². The van der Waals surface area contributed by atoms with Crippen LogP contribution >= 0.6 is 11.6 Å². The average molecular weight is 313 g/mol. The highest BCUT2D eigenvalue weighted by molar-refractivity contribution is 6.31. The summed E-state index contributed by atoms with van der Waals surface area (Å²) in [5, 5.41) is 9.55. The lowest BCUT2D eigenvalue weighted by Crippen LogP contribution is -2.38. The van der Waals surface area contributed by atoms with E-state index in [2.05, 4.69) is 0 Å². The van der Waals surface area contributed by atoms with E-state index in [0.29, 0.717) is 37.2 Å². The number of carbonyl (C=O) groups is 1. The largest absolute Gasteiger partial charge is 0.465 e. The van der Waals surface area contributed by atoms with Gasteiger partial charge in [-0.25, -0.2) is 4.79 Å². The number of piperidine rings is 1. The van der Waals surface area contributed by atoms with E-state index >= 15 is 0 Å². The molecule has 0 aromatic heterocycles. The standard InChI is InChI=1S/C15H21ClN2O3/c16-13-4-2-1-3-12(13)14(17)10-21-9-11-5-7-18(8-6-11)15(19)20/h1-4,11,14H,5-10,17H2,(H,19,20). The molecule has 1 amide bonds. The summed E-state index contributed by atoms with van der Waals surface area (Å²) < 4.78 is 5.69. The molecule has 1 unspecified atom stereocenters. The quantitative estimate of drug-likeness (QED) is 0.876. The molecule has 0 aliphatic carbocycles. The fourth-order valence-electron chi connectivity index (χ4n) is 2.52. The highest BCUT2D eigenvalue weighted by atomic mass is 35.5. The Balaban J connectivity index is 1.71. The maximum Gasteiger partial charge on any atom is 0.407 e. The van der Waals surface area contributed by atoms with Crippen LogP contribution in [0.5, 0.6) is 0 Å². The Morgan fingerprint density at radius 2 is 2.10 bits per heavy atom. The summed E-state index contributed by atoms with van der Waals surface area (Å²) in [6.07, 6.45) is 0.844. The number of rotatable bonds is 5. The molecule has 0 saturated carbocycles. The minimum atomic E-state index is -0.838. The zero-order valence-corrected chi connectivity index (χ0v) is 12.6. The van der Waals surface area contributed by atoms with Gasteiger partial charge in [0.1, 0.15) is 0 Å². The summed E-state index contributed by atoms with van der Waals surface area (Å²) in [6.45, 7) is 2.20. The monoisotopic (exact) mass is 312 g/mol. The van der Waals surface area contributed by atoms with E-state index in [-0.39, 0.29) is 6.04 Å². The fourth-order valence-corrected chi connectivity index (χ4v) is 2.79. The van der Waals surface area contributed by atoms with E-state index in [1.165, 1.54) is 4.90 Å². The summed E-state index contributed by atoms with van der Waals surface area (Å²) in [6, 6.07) is 7.26. The maximum absolute atomic E-state index is 10.8. The van der Waals surface area contributed by atoms with Crippen LogP contribution in [0.2, 0.25) is 5.02 Å². The Hall–Kier alpha value is -1.30. The zero-order valence-electron chi connectivity index (χ0n) is 11.9. The second-order valence-electron chi connectivity index (χ2n) is 5.38. The summed E-state index contributed by atoms with van der Waals surface area (Å²) in [4.78, 5) is 12.3. The molecular weight excluding hydrogens is 292 g/mol. The lowest BCUT2D eigenvalue weighted by atomic mass is 9.98. The number of hydrogen-bond acceptors (Lipinski definition) is 3. The Kier molecular flexibility index (Phi) is 5.85. The molecule has 1 aromatic rings. The molecule has 2 rings (SSSR count). The van der Waals surface area contributed by atoms with Crippen molar-refractivity contribution in [3.05, 3.63) is 34.9 Å². The smallest absolute Gasteiger partial charge is 0.407 e. The maximum atomic E-state index is 10.8. The Morgan fingerprint density at radius 1 is 1.43 bits per heavy atom. The molecule has 116 valence electrons. The highest BCUT2D eigenvalue weighted by Crippen LogP contribution is 2.22. The van der Waals surface area contributed by atoms with Gasteiger partial charge < -0.3 is 20.5 Å². The number of likely N-dealkylation sites (tertiary alicyclic amines) is 1. The van der Waals surface area contributed by atoms with Gasteiger partial charge in [0.2, 0.25) is 0 Å². The number of benzene rings is 1. The van der Waals surface area contributed by atoms with Crippen molar-refractivity contribution in [1.82, 2.24) is 4.90 Å². The van der Waals surface area contributed by atoms with Crippen LogP contribution in [0, 0.1) is 5.92 Å². The van der Waals surface area contributed by atoms with Gasteiger partial charge in [0.25, 0.3) is 0 Å². The van der Waals surface area contributed by atoms with Crippen LogP contribution in [-0.2, 0) is 4.74 Å².